The minimum Gasteiger partial charge on any atom is -0.508 e. The zero-order valence-electron chi connectivity index (χ0n) is 14.6. The van der Waals surface area contributed by atoms with Crippen molar-refractivity contribution in [1.29, 1.82) is 0 Å². The van der Waals surface area contributed by atoms with Crippen molar-refractivity contribution in [3.63, 3.8) is 0 Å². The molecule has 1 aliphatic rings. The number of carbonyl (C=O) groups is 1. The van der Waals surface area contributed by atoms with Gasteiger partial charge in [0, 0.05) is 17.0 Å². The SMILES string of the molecule is O=C(c1ccc(C(F)(F)F)cc1)N1CCc2sccc2C1c1ccc(O)cc1. The highest BCUT2D eigenvalue weighted by atomic mass is 32.1. The molecule has 28 heavy (non-hydrogen) atoms. The Bertz CT molecular complexity index is 994. The van der Waals surface area contributed by atoms with Crippen LogP contribution in [-0.4, -0.2) is 22.5 Å². The first-order chi connectivity index (χ1) is 13.3. The number of aromatic hydroxyl groups is 1. The van der Waals surface area contributed by atoms with Crippen molar-refractivity contribution >= 4 is 17.2 Å². The quantitative estimate of drug-likeness (QED) is 0.634. The number of hydrogen-bond donors (Lipinski definition) is 1. The molecule has 7 heteroatoms. The smallest absolute Gasteiger partial charge is 0.416 e. The molecule has 0 saturated heterocycles. The predicted molar refractivity (Wildman–Crippen MR) is 100 cm³/mol. The second-order valence-electron chi connectivity index (χ2n) is 6.62. The number of phenols is 1. The number of rotatable bonds is 2. The molecule has 2 aromatic carbocycles. The molecule has 4 rings (SSSR count). The Morgan fingerprint density at radius 1 is 1.04 bits per heavy atom. The highest BCUT2D eigenvalue weighted by Crippen LogP contribution is 2.39. The van der Waals surface area contributed by atoms with Gasteiger partial charge in [-0.2, -0.15) is 13.2 Å². The van der Waals surface area contributed by atoms with Gasteiger partial charge in [-0.1, -0.05) is 12.1 Å². The summed E-state index contributed by atoms with van der Waals surface area (Å²) in [4.78, 5) is 16.0. The molecule has 0 saturated carbocycles. The van der Waals surface area contributed by atoms with Gasteiger partial charge in [0.2, 0.25) is 0 Å². The van der Waals surface area contributed by atoms with E-state index in [1.807, 2.05) is 11.4 Å². The van der Waals surface area contributed by atoms with Gasteiger partial charge < -0.3 is 10.0 Å². The van der Waals surface area contributed by atoms with E-state index in [0.29, 0.717) is 13.0 Å². The fraction of sp³-hybridized carbons (Fsp3) is 0.190. The number of carbonyl (C=O) groups excluding carboxylic acids is 1. The first-order valence-electron chi connectivity index (χ1n) is 8.68. The summed E-state index contributed by atoms with van der Waals surface area (Å²) in [7, 11) is 0. The number of alkyl halides is 3. The number of fused-ring (bicyclic) bond motifs is 1. The van der Waals surface area contributed by atoms with Gasteiger partial charge in [0.25, 0.3) is 5.91 Å². The van der Waals surface area contributed by atoms with Crippen LogP contribution in [0.25, 0.3) is 0 Å². The highest BCUT2D eigenvalue weighted by Gasteiger charge is 2.34. The fourth-order valence-electron chi connectivity index (χ4n) is 3.52. The molecule has 144 valence electrons. The second-order valence-corrected chi connectivity index (χ2v) is 7.62. The molecule has 1 atom stereocenters. The van der Waals surface area contributed by atoms with Crippen LogP contribution in [0.3, 0.4) is 0 Å². The fourth-order valence-corrected chi connectivity index (χ4v) is 4.42. The molecule has 1 unspecified atom stereocenters. The van der Waals surface area contributed by atoms with E-state index in [2.05, 4.69) is 0 Å². The molecule has 0 radical (unpaired) electrons. The molecule has 1 N–H and O–H groups in total. The van der Waals surface area contributed by atoms with Crippen molar-refractivity contribution in [2.24, 2.45) is 0 Å². The van der Waals surface area contributed by atoms with Crippen molar-refractivity contribution in [3.05, 3.63) is 87.1 Å². The lowest BCUT2D eigenvalue weighted by molar-refractivity contribution is -0.137. The average molecular weight is 403 g/mol. The highest BCUT2D eigenvalue weighted by molar-refractivity contribution is 7.10. The van der Waals surface area contributed by atoms with E-state index in [-0.39, 0.29) is 23.3 Å². The molecule has 0 spiro atoms. The van der Waals surface area contributed by atoms with Crippen LogP contribution < -0.4 is 0 Å². The van der Waals surface area contributed by atoms with E-state index in [0.717, 1.165) is 23.3 Å². The predicted octanol–water partition coefficient (Wildman–Crippen LogP) is 5.26. The van der Waals surface area contributed by atoms with E-state index in [4.69, 9.17) is 0 Å². The monoisotopic (exact) mass is 403 g/mol. The Hall–Kier alpha value is -2.80. The Morgan fingerprint density at radius 2 is 1.71 bits per heavy atom. The van der Waals surface area contributed by atoms with E-state index in [1.54, 1.807) is 40.5 Å². The van der Waals surface area contributed by atoms with Gasteiger partial charge in [-0.3, -0.25) is 4.79 Å². The number of amides is 1. The first-order valence-corrected chi connectivity index (χ1v) is 9.56. The van der Waals surface area contributed by atoms with Crippen molar-refractivity contribution < 1.29 is 23.1 Å². The molecule has 3 nitrogen and oxygen atoms in total. The van der Waals surface area contributed by atoms with Gasteiger partial charge in [-0.05, 0) is 65.4 Å². The van der Waals surface area contributed by atoms with Gasteiger partial charge >= 0.3 is 6.18 Å². The normalized spacial score (nSPS) is 16.7. The lowest BCUT2D eigenvalue weighted by Gasteiger charge is -2.36. The number of halogens is 3. The maximum Gasteiger partial charge on any atom is 0.416 e. The van der Waals surface area contributed by atoms with E-state index in [1.165, 1.54) is 17.0 Å². The zero-order chi connectivity index (χ0) is 19.9. The number of hydrogen-bond acceptors (Lipinski definition) is 3. The van der Waals surface area contributed by atoms with Crippen LogP contribution in [0.5, 0.6) is 5.75 Å². The second kappa shape index (κ2) is 6.98. The molecule has 1 aromatic heterocycles. The summed E-state index contributed by atoms with van der Waals surface area (Å²) < 4.78 is 38.4. The maximum absolute atomic E-state index is 13.1. The molecule has 0 fully saturated rings. The van der Waals surface area contributed by atoms with Crippen LogP contribution >= 0.6 is 11.3 Å². The summed E-state index contributed by atoms with van der Waals surface area (Å²) in [5, 5.41) is 11.6. The summed E-state index contributed by atoms with van der Waals surface area (Å²) in [6.45, 7) is 0.471. The van der Waals surface area contributed by atoms with Crippen molar-refractivity contribution in [3.8, 4) is 5.75 Å². The molecule has 3 aromatic rings. The summed E-state index contributed by atoms with van der Waals surface area (Å²) in [5.41, 5.74) is 1.30. The van der Waals surface area contributed by atoms with Gasteiger partial charge in [0.05, 0.1) is 11.6 Å². The average Bonchev–Trinajstić information content (AvgIpc) is 3.16. The Morgan fingerprint density at radius 3 is 2.36 bits per heavy atom. The Labute approximate surface area is 163 Å². The van der Waals surface area contributed by atoms with E-state index >= 15 is 0 Å². The Kier molecular flexibility index (Phi) is 4.63. The summed E-state index contributed by atoms with van der Waals surface area (Å²) in [6, 6.07) is 12.6. The molecule has 0 bridgehead atoms. The van der Waals surface area contributed by atoms with Crippen LogP contribution in [0.4, 0.5) is 13.2 Å². The first kappa shape index (κ1) is 18.6. The molecule has 1 amide bonds. The number of nitrogens with zero attached hydrogens (tertiary/aromatic N) is 1. The molecule has 1 aliphatic heterocycles. The minimum absolute atomic E-state index is 0.130. The molecular weight excluding hydrogens is 387 g/mol. The van der Waals surface area contributed by atoms with E-state index < -0.39 is 11.7 Å². The van der Waals surface area contributed by atoms with Crippen molar-refractivity contribution in [1.82, 2.24) is 4.90 Å². The number of phenolic OH excluding ortho intramolecular Hbond substituents is 1. The standard InChI is InChI=1S/C21H16F3NO2S/c22-21(23,24)15-5-1-14(2-6-15)20(27)25-11-9-18-17(10-12-28-18)19(25)13-3-7-16(26)8-4-13/h1-8,10,12,19,26H,9,11H2. The van der Waals surface area contributed by atoms with Gasteiger partial charge in [-0.25, -0.2) is 0 Å². The maximum atomic E-state index is 13.1. The summed E-state index contributed by atoms with van der Waals surface area (Å²) in [6.07, 6.45) is -3.74. The van der Waals surface area contributed by atoms with Crippen LogP contribution in [0.15, 0.2) is 60.0 Å². The van der Waals surface area contributed by atoms with Crippen LogP contribution in [0.2, 0.25) is 0 Å². The van der Waals surface area contributed by atoms with Crippen LogP contribution in [-0.2, 0) is 12.6 Å². The molecule has 2 heterocycles. The van der Waals surface area contributed by atoms with Crippen LogP contribution in [0, 0.1) is 0 Å². The van der Waals surface area contributed by atoms with Gasteiger partial charge in [0.1, 0.15) is 5.75 Å². The lowest BCUT2D eigenvalue weighted by atomic mass is 9.92. The minimum atomic E-state index is -4.44. The topological polar surface area (TPSA) is 40.5 Å². The van der Waals surface area contributed by atoms with Gasteiger partial charge in [0.15, 0.2) is 0 Å². The number of benzene rings is 2. The van der Waals surface area contributed by atoms with Crippen LogP contribution in [0.1, 0.15) is 38.0 Å². The lowest BCUT2D eigenvalue weighted by Crippen LogP contribution is -2.40. The third-order valence-corrected chi connectivity index (χ3v) is 5.89. The third kappa shape index (κ3) is 3.38. The zero-order valence-corrected chi connectivity index (χ0v) is 15.4. The van der Waals surface area contributed by atoms with Crippen molar-refractivity contribution in [2.45, 2.75) is 18.6 Å². The molecule has 0 aliphatic carbocycles. The van der Waals surface area contributed by atoms with Gasteiger partial charge in [-0.15, -0.1) is 11.3 Å². The summed E-state index contributed by atoms with van der Waals surface area (Å²) in [5.74, 6) is -0.186. The van der Waals surface area contributed by atoms with Crippen molar-refractivity contribution in [2.75, 3.05) is 6.54 Å². The summed E-state index contributed by atoms with van der Waals surface area (Å²) >= 11 is 1.63. The third-order valence-electron chi connectivity index (χ3n) is 4.89. The van der Waals surface area contributed by atoms with E-state index in [9.17, 15) is 23.1 Å². The largest absolute Gasteiger partial charge is 0.508 e. The Balaban J connectivity index is 1.71. The molecular formula is C21H16F3NO2S. The number of thiophene rings is 1.